The van der Waals surface area contributed by atoms with Gasteiger partial charge in [0.1, 0.15) is 0 Å². The highest BCUT2D eigenvalue weighted by Crippen LogP contribution is 2.28. The van der Waals surface area contributed by atoms with Crippen molar-refractivity contribution in [1.29, 1.82) is 0 Å². The molecule has 1 saturated heterocycles. The van der Waals surface area contributed by atoms with E-state index in [1.165, 1.54) is 0 Å². The van der Waals surface area contributed by atoms with E-state index in [9.17, 15) is 5.11 Å². The van der Waals surface area contributed by atoms with Gasteiger partial charge in [-0.2, -0.15) is 11.8 Å². The van der Waals surface area contributed by atoms with Crippen LogP contribution >= 0.6 is 11.8 Å². The molecule has 1 N–H and O–H groups in total. The normalized spacial score (nSPS) is 43.0. The summed E-state index contributed by atoms with van der Waals surface area (Å²) in [6, 6.07) is 0. The molecular weight excluding hydrogens is 176 g/mol. The van der Waals surface area contributed by atoms with Crippen LogP contribution in [0.4, 0.5) is 0 Å². The Balaban J connectivity index is 2.51. The summed E-state index contributed by atoms with van der Waals surface area (Å²) < 4.78 is 10.5. The Bertz CT molecular complexity index is 130. The van der Waals surface area contributed by atoms with E-state index in [0.717, 1.165) is 0 Å². The molecule has 0 aromatic heterocycles. The lowest BCUT2D eigenvalue weighted by Crippen LogP contribution is -2.45. The summed E-state index contributed by atoms with van der Waals surface area (Å²) in [6.45, 7) is 1.97. The van der Waals surface area contributed by atoms with Crippen LogP contribution in [0.3, 0.4) is 0 Å². The Labute approximate surface area is 77.4 Å². The average molecular weight is 192 g/mol. The second-order valence-electron chi connectivity index (χ2n) is 3.01. The molecule has 0 bridgehead atoms. The second kappa shape index (κ2) is 4.46. The molecule has 1 rings (SSSR count). The van der Waals surface area contributed by atoms with Crippen LogP contribution in [-0.2, 0) is 9.47 Å². The molecule has 0 aromatic carbocycles. The van der Waals surface area contributed by atoms with E-state index in [-0.39, 0.29) is 23.7 Å². The summed E-state index contributed by atoms with van der Waals surface area (Å²) in [6.07, 6.45) is 2.08. The van der Waals surface area contributed by atoms with E-state index in [1.807, 2.05) is 13.2 Å². The predicted molar refractivity (Wildman–Crippen MR) is 49.3 cm³/mol. The molecule has 0 aliphatic carbocycles. The Kier molecular flexibility index (Phi) is 3.83. The van der Waals surface area contributed by atoms with Gasteiger partial charge in [-0.05, 0) is 13.2 Å². The zero-order valence-electron chi connectivity index (χ0n) is 7.69. The fourth-order valence-electron chi connectivity index (χ4n) is 1.52. The van der Waals surface area contributed by atoms with Crippen molar-refractivity contribution in [3.63, 3.8) is 0 Å². The molecule has 1 aliphatic heterocycles. The van der Waals surface area contributed by atoms with E-state index in [0.29, 0.717) is 6.42 Å². The van der Waals surface area contributed by atoms with Gasteiger partial charge in [0.2, 0.25) is 0 Å². The van der Waals surface area contributed by atoms with Crippen LogP contribution in [0.1, 0.15) is 13.3 Å². The van der Waals surface area contributed by atoms with Gasteiger partial charge in [0.15, 0.2) is 6.29 Å². The number of methoxy groups -OCH3 is 1. The number of aliphatic hydroxyl groups excluding tert-OH is 1. The van der Waals surface area contributed by atoms with Crippen molar-refractivity contribution in [2.45, 2.75) is 37.1 Å². The summed E-state index contributed by atoms with van der Waals surface area (Å²) in [7, 11) is 1.60. The first-order chi connectivity index (χ1) is 5.69. The van der Waals surface area contributed by atoms with Gasteiger partial charge in [-0.25, -0.2) is 0 Å². The molecule has 4 atom stereocenters. The topological polar surface area (TPSA) is 38.7 Å². The van der Waals surface area contributed by atoms with E-state index >= 15 is 0 Å². The van der Waals surface area contributed by atoms with Crippen molar-refractivity contribution in [3.8, 4) is 0 Å². The van der Waals surface area contributed by atoms with Gasteiger partial charge in [0, 0.05) is 13.5 Å². The first-order valence-corrected chi connectivity index (χ1v) is 5.37. The maximum atomic E-state index is 9.66. The Morgan fingerprint density at radius 1 is 1.58 bits per heavy atom. The molecule has 0 unspecified atom stereocenters. The van der Waals surface area contributed by atoms with Crippen molar-refractivity contribution in [1.82, 2.24) is 0 Å². The smallest absolute Gasteiger partial charge is 0.160 e. The van der Waals surface area contributed by atoms with Gasteiger partial charge in [-0.15, -0.1) is 0 Å². The minimum atomic E-state index is -0.311. The first kappa shape index (κ1) is 10.3. The highest BCUT2D eigenvalue weighted by atomic mass is 32.2. The lowest BCUT2D eigenvalue weighted by molar-refractivity contribution is -0.195. The van der Waals surface area contributed by atoms with E-state index in [4.69, 9.17) is 9.47 Å². The molecule has 1 heterocycles. The zero-order chi connectivity index (χ0) is 9.14. The molecule has 1 fully saturated rings. The van der Waals surface area contributed by atoms with Gasteiger partial charge < -0.3 is 14.6 Å². The van der Waals surface area contributed by atoms with Gasteiger partial charge in [0.05, 0.1) is 17.5 Å². The standard InChI is InChI=1S/C8H16O3S/c1-5-8(12-3)6(9)4-7(10-2)11-5/h5-9H,4H2,1-3H3/t5-,6+,7-,8-/m0/s1. The van der Waals surface area contributed by atoms with Crippen molar-refractivity contribution in [3.05, 3.63) is 0 Å². The number of rotatable bonds is 2. The van der Waals surface area contributed by atoms with Crippen molar-refractivity contribution in [2.24, 2.45) is 0 Å². The van der Waals surface area contributed by atoms with E-state index in [1.54, 1.807) is 18.9 Å². The molecule has 3 nitrogen and oxygen atoms in total. The van der Waals surface area contributed by atoms with Crippen LogP contribution in [0, 0.1) is 0 Å². The summed E-state index contributed by atoms with van der Waals surface area (Å²) in [5.74, 6) is 0. The number of ether oxygens (including phenoxy) is 2. The summed E-state index contributed by atoms with van der Waals surface area (Å²) >= 11 is 1.64. The average Bonchev–Trinajstić information content (AvgIpc) is 2.03. The third kappa shape index (κ3) is 2.13. The summed E-state index contributed by atoms with van der Waals surface area (Å²) in [4.78, 5) is 0. The van der Waals surface area contributed by atoms with Crippen LogP contribution in [0.5, 0.6) is 0 Å². The van der Waals surface area contributed by atoms with E-state index in [2.05, 4.69) is 0 Å². The number of thioether (sulfide) groups is 1. The minimum Gasteiger partial charge on any atom is -0.392 e. The fraction of sp³-hybridized carbons (Fsp3) is 1.00. The highest BCUT2D eigenvalue weighted by Gasteiger charge is 2.34. The molecule has 0 aromatic rings. The van der Waals surface area contributed by atoms with Gasteiger partial charge in [0.25, 0.3) is 0 Å². The molecular formula is C8H16O3S. The van der Waals surface area contributed by atoms with Crippen LogP contribution in [0.15, 0.2) is 0 Å². The van der Waals surface area contributed by atoms with Gasteiger partial charge in [-0.1, -0.05) is 0 Å². The van der Waals surface area contributed by atoms with Gasteiger partial charge in [-0.3, -0.25) is 0 Å². The van der Waals surface area contributed by atoms with E-state index < -0.39 is 0 Å². The van der Waals surface area contributed by atoms with Crippen molar-refractivity contribution in [2.75, 3.05) is 13.4 Å². The molecule has 0 spiro atoms. The molecule has 0 saturated carbocycles. The van der Waals surface area contributed by atoms with Crippen molar-refractivity contribution >= 4 is 11.8 Å². The Hall–Kier alpha value is 0.230. The Morgan fingerprint density at radius 3 is 2.67 bits per heavy atom. The monoisotopic (exact) mass is 192 g/mol. The second-order valence-corrected chi connectivity index (χ2v) is 4.03. The van der Waals surface area contributed by atoms with Gasteiger partial charge >= 0.3 is 0 Å². The summed E-state index contributed by atoms with van der Waals surface area (Å²) in [5, 5.41) is 9.84. The molecule has 4 heteroatoms. The molecule has 0 amide bonds. The third-order valence-electron chi connectivity index (χ3n) is 2.18. The van der Waals surface area contributed by atoms with Crippen LogP contribution < -0.4 is 0 Å². The zero-order valence-corrected chi connectivity index (χ0v) is 8.50. The third-order valence-corrected chi connectivity index (χ3v) is 3.42. The maximum absolute atomic E-state index is 9.66. The van der Waals surface area contributed by atoms with Crippen LogP contribution in [0.2, 0.25) is 0 Å². The maximum Gasteiger partial charge on any atom is 0.160 e. The predicted octanol–water partition coefficient (Wildman–Crippen LogP) is 0.860. The van der Waals surface area contributed by atoms with Crippen LogP contribution in [0.25, 0.3) is 0 Å². The molecule has 12 heavy (non-hydrogen) atoms. The van der Waals surface area contributed by atoms with Crippen molar-refractivity contribution < 1.29 is 14.6 Å². The largest absolute Gasteiger partial charge is 0.392 e. The number of aliphatic hydroxyl groups is 1. The SMILES string of the molecule is CO[C@@H]1C[C@@H](O)[C@@H](SC)[C@H](C)O1. The first-order valence-electron chi connectivity index (χ1n) is 4.08. The highest BCUT2D eigenvalue weighted by molar-refractivity contribution is 7.99. The number of hydrogen-bond donors (Lipinski definition) is 1. The van der Waals surface area contributed by atoms with Crippen LogP contribution in [-0.4, -0.2) is 42.2 Å². The lowest BCUT2D eigenvalue weighted by atomic mass is 10.1. The lowest BCUT2D eigenvalue weighted by Gasteiger charge is -2.36. The minimum absolute atomic E-state index is 0.0636. The Morgan fingerprint density at radius 2 is 2.25 bits per heavy atom. The molecule has 72 valence electrons. The fourth-order valence-corrected chi connectivity index (χ4v) is 2.39. The molecule has 0 radical (unpaired) electrons. The molecule has 1 aliphatic rings. The quantitative estimate of drug-likeness (QED) is 0.704. The summed E-state index contributed by atoms with van der Waals surface area (Å²) in [5.41, 5.74) is 0. The number of hydrogen-bond acceptors (Lipinski definition) is 4.